The summed E-state index contributed by atoms with van der Waals surface area (Å²) in [4.78, 5) is 19.6. The average molecular weight is 430 g/mol. The maximum atomic E-state index is 12.8. The van der Waals surface area contributed by atoms with Gasteiger partial charge in [-0.15, -0.1) is 11.3 Å². The van der Waals surface area contributed by atoms with E-state index in [9.17, 15) is 13.2 Å². The van der Waals surface area contributed by atoms with E-state index < -0.39 is 16.1 Å². The molecule has 0 bridgehead atoms. The second-order valence-corrected chi connectivity index (χ2v) is 9.82. The highest BCUT2D eigenvalue weighted by Gasteiger charge is 2.21. The zero-order chi connectivity index (χ0) is 21.0. The van der Waals surface area contributed by atoms with Crippen LogP contribution in [0.25, 0.3) is 0 Å². The van der Waals surface area contributed by atoms with Crippen LogP contribution < -0.4 is 4.72 Å². The van der Waals surface area contributed by atoms with Gasteiger partial charge in [0.05, 0.1) is 16.4 Å². The molecule has 0 fully saturated rings. The molecule has 0 aliphatic heterocycles. The quantitative estimate of drug-likeness (QED) is 0.620. The first kappa shape index (κ1) is 21.2. The second kappa shape index (κ2) is 8.86. The van der Waals surface area contributed by atoms with Gasteiger partial charge < -0.3 is 4.90 Å². The van der Waals surface area contributed by atoms with Crippen LogP contribution in [-0.4, -0.2) is 31.3 Å². The number of rotatable bonds is 7. The SMILES string of the molecule is Cc1ncc(CN(C)C(=O)c2cccc(S(=O)(=O)NC(C)c3ccccc3)c2)s1. The standard InChI is InChI=1S/C21H23N3O3S2/c1-15(17-8-5-4-6-9-17)23-29(26,27)20-11-7-10-18(12-20)21(25)24(3)14-19-13-22-16(2)28-19/h4-13,15,23H,14H2,1-3H3. The van der Waals surface area contributed by atoms with E-state index in [0.29, 0.717) is 12.1 Å². The number of nitrogens with one attached hydrogen (secondary N) is 1. The molecule has 1 heterocycles. The van der Waals surface area contributed by atoms with Crippen molar-refractivity contribution in [3.05, 3.63) is 81.8 Å². The molecule has 0 spiro atoms. The van der Waals surface area contributed by atoms with Gasteiger partial charge in [-0.2, -0.15) is 0 Å². The van der Waals surface area contributed by atoms with E-state index in [1.165, 1.54) is 23.5 Å². The molecule has 0 radical (unpaired) electrons. The van der Waals surface area contributed by atoms with Crippen LogP contribution in [0.4, 0.5) is 0 Å². The Kier molecular flexibility index (Phi) is 6.46. The fourth-order valence-corrected chi connectivity index (χ4v) is 5.04. The highest BCUT2D eigenvalue weighted by Crippen LogP contribution is 2.19. The Morgan fingerprint density at radius 2 is 1.90 bits per heavy atom. The van der Waals surface area contributed by atoms with Crippen molar-refractivity contribution in [1.82, 2.24) is 14.6 Å². The predicted octanol–water partition coefficient (Wildman–Crippen LogP) is 3.76. The number of aromatic nitrogens is 1. The monoisotopic (exact) mass is 429 g/mol. The lowest BCUT2D eigenvalue weighted by Crippen LogP contribution is -2.28. The summed E-state index contributed by atoms with van der Waals surface area (Å²) >= 11 is 1.53. The van der Waals surface area contributed by atoms with Crippen LogP contribution in [0.3, 0.4) is 0 Å². The Balaban J connectivity index is 1.76. The van der Waals surface area contributed by atoms with Crippen LogP contribution in [-0.2, 0) is 16.6 Å². The van der Waals surface area contributed by atoms with E-state index in [1.807, 2.05) is 37.3 Å². The Morgan fingerprint density at radius 3 is 2.55 bits per heavy atom. The van der Waals surface area contributed by atoms with Gasteiger partial charge in [-0.3, -0.25) is 4.79 Å². The van der Waals surface area contributed by atoms with Crippen molar-refractivity contribution in [1.29, 1.82) is 0 Å². The van der Waals surface area contributed by atoms with Gasteiger partial charge in [0.2, 0.25) is 10.0 Å². The molecule has 1 N–H and O–H groups in total. The third kappa shape index (κ3) is 5.29. The fourth-order valence-electron chi connectivity index (χ4n) is 2.91. The number of hydrogen-bond acceptors (Lipinski definition) is 5. The molecule has 0 aliphatic carbocycles. The predicted molar refractivity (Wildman–Crippen MR) is 114 cm³/mol. The molecular formula is C21H23N3O3S2. The third-order valence-electron chi connectivity index (χ3n) is 4.43. The molecule has 1 atom stereocenters. The van der Waals surface area contributed by atoms with Crippen molar-refractivity contribution in [2.45, 2.75) is 31.3 Å². The van der Waals surface area contributed by atoms with Gasteiger partial charge in [-0.05, 0) is 37.6 Å². The van der Waals surface area contributed by atoms with Crippen molar-refractivity contribution in [3.63, 3.8) is 0 Å². The number of nitrogens with zero attached hydrogens (tertiary/aromatic N) is 2. The maximum absolute atomic E-state index is 12.8. The third-order valence-corrected chi connectivity index (χ3v) is 6.87. The van der Waals surface area contributed by atoms with Crippen LogP contribution in [0, 0.1) is 6.92 Å². The molecule has 29 heavy (non-hydrogen) atoms. The number of amides is 1. The first-order valence-electron chi connectivity index (χ1n) is 9.10. The highest BCUT2D eigenvalue weighted by atomic mass is 32.2. The van der Waals surface area contributed by atoms with Crippen LogP contribution in [0.5, 0.6) is 0 Å². The normalized spacial score (nSPS) is 12.5. The van der Waals surface area contributed by atoms with Gasteiger partial charge in [0, 0.05) is 29.7 Å². The Bertz CT molecular complexity index is 1100. The van der Waals surface area contributed by atoms with E-state index in [4.69, 9.17) is 0 Å². The average Bonchev–Trinajstić information content (AvgIpc) is 3.12. The molecule has 0 saturated heterocycles. The smallest absolute Gasteiger partial charge is 0.253 e. The molecule has 3 aromatic rings. The molecule has 2 aromatic carbocycles. The number of carbonyl (C=O) groups excluding carboxylic acids is 1. The molecular weight excluding hydrogens is 406 g/mol. The summed E-state index contributed by atoms with van der Waals surface area (Å²) in [6.45, 7) is 4.12. The van der Waals surface area contributed by atoms with Crippen LogP contribution >= 0.6 is 11.3 Å². The first-order chi connectivity index (χ1) is 13.8. The maximum Gasteiger partial charge on any atom is 0.253 e. The number of aryl methyl sites for hydroxylation is 1. The van der Waals surface area contributed by atoms with Gasteiger partial charge in [-0.1, -0.05) is 36.4 Å². The number of carbonyl (C=O) groups is 1. The molecule has 152 valence electrons. The first-order valence-corrected chi connectivity index (χ1v) is 11.4. The summed E-state index contributed by atoms with van der Waals surface area (Å²) in [5.74, 6) is -0.246. The fraction of sp³-hybridized carbons (Fsp3) is 0.238. The lowest BCUT2D eigenvalue weighted by molar-refractivity contribution is 0.0786. The lowest BCUT2D eigenvalue weighted by atomic mass is 10.1. The minimum absolute atomic E-state index is 0.0631. The number of benzene rings is 2. The Labute approximate surface area is 175 Å². The number of hydrogen-bond donors (Lipinski definition) is 1. The van der Waals surface area contributed by atoms with E-state index in [-0.39, 0.29) is 10.8 Å². The zero-order valence-corrected chi connectivity index (χ0v) is 18.1. The van der Waals surface area contributed by atoms with Crippen molar-refractivity contribution in [2.75, 3.05) is 7.05 Å². The van der Waals surface area contributed by atoms with Crippen molar-refractivity contribution in [3.8, 4) is 0 Å². The molecule has 1 amide bonds. The van der Waals surface area contributed by atoms with Crippen LogP contribution in [0.1, 0.15) is 38.8 Å². The summed E-state index contributed by atoms with van der Waals surface area (Å²) in [5.41, 5.74) is 1.19. The van der Waals surface area contributed by atoms with E-state index in [0.717, 1.165) is 15.4 Å². The summed E-state index contributed by atoms with van der Waals surface area (Å²) in [5, 5.41) is 0.938. The molecule has 1 aromatic heterocycles. The molecule has 1 unspecified atom stereocenters. The van der Waals surface area contributed by atoms with Gasteiger partial charge in [0.15, 0.2) is 0 Å². The Hall–Kier alpha value is -2.55. The minimum atomic E-state index is -3.77. The summed E-state index contributed by atoms with van der Waals surface area (Å²) < 4.78 is 28.3. The number of thiazole rings is 1. The van der Waals surface area contributed by atoms with E-state index >= 15 is 0 Å². The van der Waals surface area contributed by atoms with Crippen molar-refractivity contribution >= 4 is 27.3 Å². The van der Waals surface area contributed by atoms with Gasteiger partial charge in [-0.25, -0.2) is 18.1 Å². The van der Waals surface area contributed by atoms with Gasteiger partial charge in [0.1, 0.15) is 0 Å². The van der Waals surface area contributed by atoms with Crippen molar-refractivity contribution in [2.24, 2.45) is 0 Å². The zero-order valence-electron chi connectivity index (χ0n) is 16.5. The minimum Gasteiger partial charge on any atom is -0.337 e. The lowest BCUT2D eigenvalue weighted by Gasteiger charge is -2.17. The van der Waals surface area contributed by atoms with Crippen molar-refractivity contribution < 1.29 is 13.2 Å². The molecule has 0 aliphatic rings. The topological polar surface area (TPSA) is 79.4 Å². The Morgan fingerprint density at radius 1 is 1.17 bits per heavy atom. The van der Waals surface area contributed by atoms with E-state index in [1.54, 1.807) is 37.2 Å². The highest BCUT2D eigenvalue weighted by molar-refractivity contribution is 7.89. The van der Waals surface area contributed by atoms with Gasteiger partial charge in [0.25, 0.3) is 5.91 Å². The second-order valence-electron chi connectivity index (χ2n) is 6.79. The van der Waals surface area contributed by atoms with Crippen LogP contribution in [0.15, 0.2) is 65.7 Å². The van der Waals surface area contributed by atoms with Crippen LogP contribution in [0.2, 0.25) is 0 Å². The summed E-state index contributed by atoms with van der Waals surface area (Å²) in [6, 6.07) is 15.0. The van der Waals surface area contributed by atoms with Gasteiger partial charge >= 0.3 is 0 Å². The van der Waals surface area contributed by atoms with E-state index in [2.05, 4.69) is 9.71 Å². The molecule has 3 rings (SSSR count). The largest absolute Gasteiger partial charge is 0.337 e. The summed E-state index contributed by atoms with van der Waals surface area (Å²) in [6.07, 6.45) is 1.75. The molecule has 0 saturated carbocycles. The molecule has 8 heteroatoms. The summed E-state index contributed by atoms with van der Waals surface area (Å²) in [7, 11) is -2.08. The molecule has 6 nitrogen and oxygen atoms in total. The number of sulfonamides is 1.